The molecule has 1 saturated heterocycles. The number of carbonyl (C=O) groups is 1. The van der Waals surface area contributed by atoms with E-state index in [1.165, 1.54) is 0 Å². The zero-order chi connectivity index (χ0) is 24.4. The number of piperazine rings is 1. The molecule has 4 heterocycles. The molecule has 9 nitrogen and oxygen atoms in total. The van der Waals surface area contributed by atoms with Crippen LogP contribution in [0.4, 0.5) is 11.5 Å². The first-order valence-electron chi connectivity index (χ1n) is 11.8. The molecule has 5 rings (SSSR count). The molecule has 1 aliphatic rings. The summed E-state index contributed by atoms with van der Waals surface area (Å²) >= 11 is 0. The van der Waals surface area contributed by atoms with Crippen molar-refractivity contribution in [3.63, 3.8) is 0 Å². The van der Waals surface area contributed by atoms with Crippen LogP contribution >= 0.6 is 0 Å². The molecule has 1 amide bonds. The highest BCUT2D eigenvalue weighted by Crippen LogP contribution is 2.23. The standard InChI is InChI=1S/C26H30N8O/c1-32(2)17-21-6-4-18(15-27-21)25-30-22-8-7-20(14-23(22)31-25)29-26(35)19-5-9-24(28-16-19)34-12-10-33(3)11-13-34/h4-9,14-16H,10-13,17H2,1-3H3,(H,29,35)(H,30,31). The van der Waals surface area contributed by atoms with E-state index in [-0.39, 0.29) is 5.91 Å². The lowest BCUT2D eigenvalue weighted by Crippen LogP contribution is -2.44. The van der Waals surface area contributed by atoms with E-state index in [9.17, 15) is 4.79 Å². The molecular formula is C26H30N8O. The largest absolute Gasteiger partial charge is 0.354 e. The summed E-state index contributed by atoms with van der Waals surface area (Å²) in [5, 5.41) is 2.97. The van der Waals surface area contributed by atoms with Crippen LogP contribution in [0.1, 0.15) is 16.1 Å². The van der Waals surface area contributed by atoms with E-state index in [4.69, 9.17) is 0 Å². The van der Waals surface area contributed by atoms with Crippen LogP contribution in [0.3, 0.4) is 0 Å². The number of benzene rings is 1. The van der Waals surface area contributed by atoms with Gasteiger partial charge in [-0.15, -0.1) is 0 Å². The Bertz CT molecular complexity index is 1310. The van der Waals surface area contributed by atoms with Gasteiger partial charge in [-0.3, -0.25) is 9.78 Å². The first-order valence-corrected chi connectivity index (χ1v) is 11.8. The number of nitrogens with zero attached hydrogens (tertiary/aromatic N) is 6. The highest BCUT2D eigenvalue weighted by molar-refractivity contribution is 6.05. The minimum atomic E-state index is -0.192. The van der Waals surface area contributed by atoms with Gasteiger partial charge in [-0.2, -0.15) is 0 Å². The number of amides is 1. The maximum absolute atomic E-state index is 12.8. The number of fused-ring (bicyclic) bond motifs is 1. The second kappa shape index (κ2) is 9.81. The molecule has 180 valence electrons. The molecule has 4 aromatic rings. The Morgan fingerprint density at radius 3 is 2.54 bits per heavy atom. The van der Waals surface area contributed by atoms with Crippen LogP contribution in [0.5, 0.6) is 0 Å². The minimum absolute atomic E-state index is 0.192. The van der Waals surface area contributed by atoms with Gasteiger partial charge in [-0.05, 0) is 63.6 Å². The number of H-pyrrole nitrogens is 1. The number of hydrogen-bond acceptors (Lipinski definition) is 7. The molecule has 2 N–H and O–H groups in total. The van der Waals surface area contributed by atoms with Crippen LogP contribution in [0.15, 0.2) is 54.9 Å². The van der Waals surface area contributed by atoms with Crippen LogP contribution in [0.25, 0.3) is 22.4 Å². The maximum Gasteiger partial charge on any atom is 0.257 e. The average molecular weight is 471 g/mol. The summed E-state index contributed by atoms with van der Waals surface area (Å²) in [4.78, 5) is 36.5. The lowest BCUT2D eigenvalue weighted by Gasteiger charge is -2.33. The zero-order valence-corrected chi connectivity index (χ0v) is 20.3. The molecule has 9 heteroatoms. The van der Waals surface area contributed by atoms with Gasteiger partial charge in [-0.25, -0.2) is 9.97 Å². The lowest BCUT2D eigenvalue weighted by atomic mass is 10.2. The van der Waals surface area contributed by atoms with Crippen molar-refractivity contribution in [2.75, 3.05) is 57.5 Å². The van der Waals surface area contributed by atoms with E-state index in [1.54, 1.807) is 6.20 Å². The van der Waals surface area contributed by atoms with E-state index in [1.807, 2.05) is 62.8 Å². The molecule has 0 atom stereocenters. The molecule has 0 radical (unpaired) electrons. The third-order valence-electron chi connectivity index (χ3n) is 6.15. The van der Waals surface area contributed by atoms with Crippen LogP contribution in [0, 0.1) is 0 Å². The molecule has 35 heavy (non-hydrogen) atoms. The van der Waals surface area contributed by atoms with Gasteiger partial charge in [0.2, 0.25) is 0 Å². The molecule has 0 unspecified atom stereocenters. The number of pyridine rings is 2. The van der Waals surface area contributed by atoms with Crippen molar-refractivity contribution < 1.29 is 4.79 Å². The van der Waals surface area contributed by atoms with Crippen molar-refractivity contribution >= 4 is 28.4 Å². The summed E-state index contributed by atoms with van der Waals surface area (Å²) in [6.45, 7) is 4.70. The Morgan fingerprint density at radius 2 is 1.86 bits per heavy atom. The summed E-state index contributed by atoms with van der Waals surface area (Å²) in [6.07, 6.45) is 3.47. The maximum atomic E-state index is 12.8. The molecule has 1 aromatic carbocycles. The van der Waals surface area contributed by atoms with Crippen molar-refractivity contribution in [2.24, 2.45) is 0 Å². The predicted molar refractivity (Wildman–Crippen MR) is 139 cm³/mol. The van der Waals surface area contributed by atoms with Gasteiger partial charge >= 0.3 is 0 Å². The second-order valence-corrected chi connectivity index (χ2v) is 9.24. The highest BCUT2D eigenvalue weighted by atomic mass is 16.1. The number of nitrogens with one attached hydrogen (secondary N) is 2. The van der Waals surface area contributed by atoms with Crippen molar-refractivity contribution in [2.45, 2.75) is 6.54 Å². The third-order valence-corrected chi connectivity index (χ3v) is 6.15. The van der Waals surface area contributed by atoms with Crippen molar-refractivity contribution in [3.05, 3.63) is 66.1 Å². The molecule has 3 aromatic heterocycles. The van der Waals surface area contributed by atoms with Gasteiger partial charge in [-0.1, -0.05) is 0 Å². The van der Waals surface area contributed by atoms with Crippen molar-refractivity contribution in [1.29, 1.82) is 0 Å². The van der Waals surface area contributed by atoms with Crippen molar-refractivity contribution in [1.82, 2.24) is 29.7 Å². The van der Waals surface area contributed by atoms with E-state index in [2.05, 4.69) is 47.0 Å². The molecule has 0 saturated carbocycles. The Hall–Kier alpha value is -3.82. The van der Waals surface area contributed by atoms with Gasteiger partial charge in [0, 0.05) is 56.4 Å². The van der Waals surface area contributed by atoms with E-state index < -0.39 is 0 Å². The number of anilines is 2. The normalized spacial score (nSPS) is 14.6. The number of carbonyl (C=O) groups excluding carboxylic acids is 1. The van der Waals surface area contributed by atoms with Crippen LogP contribution in [-0.4, -0.2) is 83.0 Å². The average Bonchev–Trinajstić information content (AvgIpc) is 3.28. The van der Waals surface area contributed by atoms with E-state index in [0.717, 1.165) is 66.7 Å². The van der Waals surface area contributed by atoms with Gasteiger partial charge in [0.25, 0.3) is 5.91 Å². The van der Waals surface area contributed by atoms with Gasteiger partial charge in [0.05, 0.1) is 22.3 Å². The second-order valence-electron chi connectivity index (χ2n) is 9.24. The van der Waals surface area contributed by atoms with Crippen molar-refractivity contribution in [3.8, 4) is 11.4 Å². The van der Waals surface area contributed by atoms with Crippen LogP contribution < -0.4 is 10.2 Å². The summed E-state index contributed by atoms with van der Waals surface area (Å²) < 4.78 is 0. The Morgan fingerprint density at radius 1 is 1.03 bits per heavy atom. The first kappa shape index (κ1) is 22.9. The first-order chi connectivity index (χ1) is 16.9. The molecule has 1 aliphatic heterocycles. The monoisotopic (exact) mass is 470 g/mol. The van der Waals surface area contributed by atoms with E-state index >= 15 is 0 Å². The quantitative estimate of drug-likeness (QED) is 0.447. The minimum Gasteiger partial charge on any atom is -0.354 e. The molecule has 0 bridgehead atoms. The fourth-order valence-corrected chi connectivity index (χ4v) is 4.15. The zero-order valence-electron chi connectivity index (χ0n) is 20.3. The Labute approximate surface area is 204 Å². The fourth-order valence-electron chi connectivity index (χ4n) is 4.15. The summed E-state index contributed by atoms with van der Waals surface area (Å²) in [6, 6.07) is 13.4. The SMILES string of the molecule is CN(C)Cc1ccc(-c2nc3ccc(NC(=O)c4ccc(N5CCN(C)CC5)nc4)cc3[nH]2)cn1. The summed E-state index contributed by atoms with van der Waals surface area (Å²) in [7, 11) is 6.16. The number of hydrogen-bond donors (Lipinski definition) is 2. The molecule has 0 spiro atoms. The Balaban J connectivity index is 1.27. The lowest BCUT2D eigenvalue weighted by molar-refractivity contribution is 0.102. The molecule has 0 aliphatic carbocycles. The number of imidazole rings is 1. The topological polar surface area (TPSA) is 93.3 Å². The molecule has 1 fully saturated rings. The predicted octanol–water partition coefficient (Wildman–Crippen LogP) is 3.09. The summed E-state index contributed by atoms with van der Waals surface area (Å²) in [5.74, 6) is 1.46. The van der Waals surface area contributed by atoms with Crippen LogP contribution in [-0.2, 0) is 6.54 Å². The smallest absolute Gasteiger partial charge is 0.257 e. The highest BCUT2D eigenvalue weighted by Gasteiger charge is 2.16. The molecular weight excluding hydrogens is 440 g/mol. The number of aromatic amines is 1. The fraction of sp³-hybridized carbons (Fsp3) is 0.308. The van der Waals surface area contributed by atoms with Gasteiger partial charge in [0.1, 0.15) is 11.6 Å². The van der Waals surface area contributed by atoms with Gasteiger partial charge in [0.15, 0.2) is 0 Å². The summed E-state index contributed by atoms with van der Waals surface area (Å²) in [5.41, 5.74) is 4.82. The third kappa shape index (κ3) is 5.31. The Kier molecular flexibility index (Phi) is 6.43. The number of rotatable bonds is 6. The van der Waals surface area contributed by atoms with Crippen LogP contribution in [0.2, 0.25) is 0 Å². The van der Waals surface area contributed by atoms with Gasteiger partial charge < -0.3 is 25.0 Å². The number of likely N-dealkylation sites (N-methyl/N-ethyl adjacent to an activating group) is 1. The number of aromatic nitrogens is 4. The van der Waals surface area contributed by atoms with E-state index in [0.29, 0.717) is 11.3 Å².